The first-order valence-corrected chi connectivity index (χ1v) is 6.37. The summed E-state index contributed by atoms with van der Waals surface area (Å²) in [6.45, 7) is 0. The van der Waals surface area contributed by atoms with E-state index in [0.29, 0.717) is 6.04 Å². The minimum atomic E-state index is -3.61. The van der Waals surface area contributed by atoms with Gasteiger partial charge in [0.15, 0.2) is 0 Å². The van der Waals surface area contributed by atoms with Crippen LogP contribution in [0.15, 0.2) is 17.3 Å². The molecule has 1 heterocycles. The molecule has 0 saturated heterocycles. The van der Waals surface area contributed by atoms with Crippen molar-refractivity contribution in [3.05, 3.63) is 12.4 Å². The first-order chi connectivity index (χ1) is 6.07. The highest BCUT2D eigenvalue weighted by Gasteiger charge is 2.22. The van der Waals surface area contributed by atoms with Crippen LogP contribution in [0, 0.1) is 0 Å². The normalized spacial score (nSPS) is 18.5. The van der Waals surface area contributed by atoms with Gasteiger partial charge in [0.2, 0.25) is 0 Å². The zero-order valence-electron chi connectivity index (χ0n) is 6.85. The van der Waals surface area contributed by atoms with E-state index in [1.165, 1.54) is 18.8 Å². The van der Waals surface area contributed by atoms with Gasteiger partial charge in [0, 0.05) is 16.9 Å². The van der Waals surface area contributed by atoms with Gasteiger partial charge in [-0.3, -0.25) is 4.68 Å². The Hall–Kier alpha value is -0.550. The van der Waals surface area contributed by atoms with Crippen LogP contribution in [0.5, 0.6) is 0 Å². The Morgan fingerprint density at radius 1 is 1.54 bits per heavy atom. The molecule has 1 aromatic rings. The second-order valence-electron chi connectivity index (χ2n) is 3.18. The molecule has 1 aromatic heterocycles. The summed E-state index contributed by atoms with van der Waals surface area (Å²) in [4.78, 5) is 0.0843. The lowest BCUT2D eigenvalue weighted by atomic mass is 9.93. The van der Waals surface area contributed by atoms with Crippen LogP contribution in [0.3, 0.4) is 0 Å². The van der Waals surface area contributed by atoms with Crippen molar-refractivity contribution in [3.63, 3.8) is 0 Å². The molecule has 13 heavy (non-hydrogen) atoms. The van der Waals surface area contributed by atoms with Crippen molar-refractivity contribution in [2.24, 2.45) is 0 Å². The largest absolute Gasteiger partial charge is 0.268 e. The van der Waals surface area contributed by atoms with Crippen LogP contribution in [0.4, 0.5) is 0 Å². The van der Waals surface area contributed by atoms with Crippen molar-refractivity contribution in [3.8, 4) is 0 Å². The second kappa shape index (κ2) is 2.99. The first-order valence-electron chi connectivity index (χ1n) is 4.06. The topological polar surface area (TPSA) is 52.0 Å². The van der Waals surface area contributed by atoms with Crippen LogP contribution in [0.25, 0.3) is 0 Å². The van der Waals surface area contributed by atoms with Gasteiger partial charge in [-0.05, 0) is 19.3 Å². The second-order valence-corrected chi connectivity index (χ2v) is 5.74. The number of halogens is 1. The maximum absolute atomic E-state index is 10.9. The van der Waals surface area contributed by atoms with E-state index >= 15 is 0 Å². The number of aromatic nitrogens is 2. The lowest BCUT2D eigenvalue weighted by molar-refractivity contribution is 0.289. The van der Waals surface area contributed by atoms with Crippen LogP contribution >= 0.6 is 10.7 Å². The smallest absolute Gasteiger partial charge is 0.264 e. The summed E-state index contributed by atoms with van der Waals surface area (Å²) in [6.07, 6.45) is 6.12. The molecule has 72 valence electrons. The molecule has 0 amide bonds. The third kappa shape index (κ3) is 1.71. The Kier molecular flexibility index (Phi) is 2.08. The van der Waals surface area contributed by atoms with Crippen LogP contribution in [0.2, 0.25) is 0 Å². The highest BCUT2D eigenvalue weighted by molar-refractivity contribution is 8.13. The van der Waals surface area contributed by atoms with Crippen molar-refractivity contribution >= 4 is 19.7 Å². The van der Waals surface area contributed by atoms with Gasteiger partial charge in [0.25, 0.3) is 9.05 Å². The Morgan fingerprint density at radius 3 is 2.62 bits per heavy atom. The Balaban J connectivity index is 2.27. The summed E-state index contributed by atoms with van der Waals surface area (Å²) < 4.78 is 23.5. The molecule has 0 radical (unpaired) electrons. The van der Waals surface area contributed by atoms with Crippen molar-refractivity contribution in [1.82, 2.24) is 9.78 Å². The quantitative estimate of drug-likeness (QED) is 0.711. The lowest BCUT2D eigenvalue weighted by Gasteiger charge is -2.25. The Labute approximate surface area is 80.9 Å². The zero-order chi connectivity index (χ0) is 9.47. The lowest BCUT2D eigenvalue weighted by Crippen LogP contribution is -2.17. The van der Waals surface area contributed by atoms with E-state index in [1.54, 1.807) is 4.68 Å². The number of hydrogen-bond donors (Lipinski definition) is 0. The van der Waals surface area contributed by atoms with Gasteiger partial charge in [-0.15, -0.1) is 0 Å². The highest BCUT2D eigenvalue weighted by Crippen LogP contribution is 2.31. The molecule has 1 fully saturated rings. The zero-order valence-corrected chi connectivity index (χ0v) is 8.42. The third-order valence-electron chi connectivity index (χ3n) is 2.31. The van der Waals surface area contributed by atoms with Gasteiger partial charge in [-0.2, -0.15) is 5.10 Å². The number of rotatable bonds is 2. The molecule has 0 bridgehead atoms. The average Bonchev–Trinajstić information content (AvgIpc) is 2.29. The summed E-state index contributed by atoms with van der Waals surface area (Å²) in [5.74, 6) is 0. The molecular formula is C7H9ClN2O2S. The van der Waals surface area contributed by atoms with Crippen molar-refractivity contribution in [2.45, 2.75) is 30.2 Å². The highest BCUT2D eigenvalue weighted by atomic mass is 35.7. The fourth-order valence-electron chi connectivity index (χ4n) is 1.30. The Bertz CT molecular complexity index is 408. The van der Waals surface area contributed by atoms with E-state index in [9.17, 15) is 8.42 Å². The number of nitrogens with zero attached hydrogens (tertiary/aromatic N) is 2. The fourth-order valence-corrected chi connectivity index (χ4v) is 1.94. The Morgan fingerprint density at radius 2 is 2.23 bits per heavy atom. The summed E-state index contributed by atoms with van der Waals surface area (Å²) in [5, 5.41) is 3.96. The van der Waals surface area contributed by atoms with Crippen LogP contribution in [-0.2, 0) is 9.05 Å². The maximum atomic E-state index is 10.9. The van der Waals surface area contributed by atoms with E-state index in [0.717, 1.165) is 12.8 Å². The fraction of sp³-hybridized carbons (Fsp3) is 0.571. The molecule has 0 unspecified atom stereocenters. The molecule has 1 saturated carbocycles. The van der Waals surface area contributed by atoms with Gasteiger partial charge >= 0.3 is 0 Å². The van der Waals surface area contributed by atoms with Crippen molar-refractivity contribution in [2.75, 3.05) is 0 Å². The minimum absolute atomic E-state index is 0.0843. The molecule has 1 aliphatic rings. The maximum Gasteiger partial charge on any atom is 0.264 e. The van der Waals surface area contributed by atoms with E-state index in [1.807, 2.05) is 0 Å². The van der Waals surface area contributed by atoms with Gasteiger partial charge in [-0.1, -0.05) is 0 Å². The number of hydrogen-bond acceptors (Lipinski definition) is 3. The summed E-state index contributed by atoms with van der Waals surface area (Å²) >= 11 is 0. The van der Waals surface area contributed by atoms with E-state index < -0.39 is 9.05 Å². The molecule has 4 nitrogen and oxygen atoms in total. The van der Waals surface area contributed by atoms with Gasteiger partial charge in [0.1, 0.15) is 4.90 Å². The predicted molar refractivity (Wildman–Crippen MR) is 48.2 cm³/mol. The van der Waals surface area contributed by atoms with Crippen molar-refractivity contribution in [1.29, 1.82) is 0 Å². The van der Waals surface area contributed by atoms with Crippen LogP contribution < -0.4 is 0 Å². The summed E-state index contributed by atoms with van der Waals surface area (Å²) in [7, 11) is 1.55. The molecular weight excluding hydrogens is 212 g/mol. The van der Waals surface area contributed by atoms with E-state index in [-0.39, 0.29) is 4.90 Å². The molecule has 2 rings (SSSR count). The molecule has 0 spiro atoms. The molecule has 0 aliphatic heterocycles. The monoisotopic (exact) mass is 220 g/mol. The SMILES string of the molecule is O=S(=O)(Cl)c1cnn(C2CCC2)c1. The molecule has 1 aliphatic carbocycles. The average molecular weight is 221 g/mol. The van der Waals surface area contributed by atoms with Crippen LogP contribution in [0.1, 0.15) is 25.3 Å². The van der Waals surface area contributed by atoms with Crippen molar-refractivity contribution < 1.29 is 8.42 Å². The van der Waals surface area contributed by atoms with Crippen LogP contribution in [-0.4, -0.2) is 18.2 Å². The third-order valence-corrected chi connectivity index (χ3v) is 3.62. The summed E-state index contributed by atoms with van der Waals surface area (Å²) in [6, 6.07) is 0.368. The van der Waals surface area contributed by atoms with Gasteiger partial charge in [0.05, 0.1) is 12.2 Å². The summed E-state index contributed by atoms with van der Waals surface area (Å²) in [5.41, 5.74) is 0. The molecule has 0 aromatic carbocycles. The van der Waals surface area contributed by atoms with E-state index in [2.05, 4.69) is 5.10 Å². The predicted octanol–water partition coefficient (Wildman–Crippen LogP) is 1.54. The minimum Gasteiger partial charge on any atom is -0.268 e. The standard InChI is InChI=1S/C7H9ClN2O2S/c8-13(11,12)7-4-9-10(5-7)6-2-1-3-6/h4-6H,1-3H2. The first kappa shape index (κ1) is 9.02. The molecule has 0 atom stereocenters. The molecule has 6 heteroatoms. The van der Waals surface area contributed by atoms with E-state index in [4.69, 9.17) is 10.7 Å². The van der Waals surface area contributed by atoms with Gasteiger partial charge in [-0.25, -0.2) is 8.42 Å². The molecule has 0 N–H and O–H groups in total. The van der Waals surface area contributed by atoms with Gasteiger partial charge < -0.3 is 0 Å².